The number of primary amides is 1. The lowest BCUT2D eigenvalue weighted by Gasteiger charge is -2.17. The van der Waals surface area contributed by atoms with E-state index in [1.165, 1.54) is 11.6 Å². The quantitative estimate of drug-likeness (QED) is 0.724. The third-order valence-corrected chi connectivity index (χ3v) is 4.31. The van der Waals surface area contributed by atoms with Crippen LogP contribution in [0.5, 0.6) is 0 Å². The molecule has 1 aromatic carbocycles. The fourth-order valence-electron chi connectivity index (χ4n) is 2.97. The summed E-state index contributed by atoms with van der Waals surface area (Å²) >= 11 is 0. The minimum absolute atomic E-state index is 0.0401. The average Bonchev–Trinajstić information content (AvgIpc) is 2.98. The molecule has 3 rings (SSSR count). The number of pyridine rings is 1. The first-order valence-electron chi connectivity index (χ1n) is 8.30. The topological polar surface area (TPSA) is 107 Å². The molecule has 0 aliphatic carbocycles. The predicted octanol–water partition coefficient (Wildman–Crippen LogP) is 2.38. The van der Waals surface area contributed by atoms with Crippen LogP contribution in [0.4, 0.5) is 13.2 Å². The summed E-state index contributed by atoms with van der Waals surface area (Å²) in [6.45, 7) is 0.905. The minimum Gasteiger partial charge on any atom is -0.365 e. The van der Waals surface area contributed by atoms with Gasteiger partial charge >= 0.3 is 6.18 Å². The standard InChI is InChI=1S/C19H14F3N5O2/c1-11-14(9-23)15(27(25-11)12-5-3-2-4-6-12)10-26-16(19(20,21)22)8-7-13(17(24)28)18(26)29/h2-8H,10H2,1H3,(H2,24,28). The van der Waals surface area contributed by atoms with Gasteiger partial charge in [0.15, 0.2) is 0 Å². The maximum absolute atomic E-state index is 13.5. The van der Waals surface area contributed by atoms with Gasteiger partial charge in [-0.2, -0.15) is 23.5 Å². The lowest BCUT2D eigenvalue weighted by molar-refractivity contribution is -0.144. The molecule has 0 saturated carbocycles. The number of nitrogens with two attached hydrogens (primary N) is 1. The van der Waals surface area contributed by atoms with Crippen molar-refractivity contribution in [1.82, 2.24) is 14.3 Å². The fourth-order valence-corrected chi connectivity index (χ4v) is 2.97. The van der Waals surface area contributed by atoms with Gasteiger partial charge < -0.3 is 5.73 Å². The summed E-state index contributed by atoms with van der Waals surface area (Å²) in [5, 5.41) is 13.7. The summed E-state index contributed by atoms with van der Waals surface area (Å²) < 4.78 is 42.2. The number of carbonyl (C=O) groups excluding carboxylic acids is 1. The van der Waals surface area contributed by atoms with Gasteiger partial charge in [0.05, 0.1) is 29.2 Å². The fraction of sp³-hybridized carbons (Fsp3) is 0.158. The smallest absolute Gasteiger partial charge is 0.365 e. The summed E-state index contributed by atoms with van der Waals surface area (Å²) in [6, 6.07) is 11.7. The Morgan fingerprint density at radius 2 is 1.86 bits per heavy atom. The number of hydrogen-bond donors (Lipinski definition) is 1. The Labute approximate surface area is 162 Å². The average molecular weight is 401 g/mol. The van der Waals surface area contributed by atoms with Crippen molar-refractivity contribution in [2.75, 3.05) is 0 Å². The lowest BCUT2D eigenvalue weighted by atomic mass is 10.1. The van der Waals surface area contributed by atoms with Crippen LogP contribution < -0.4 is 11.3 Å². The zero-order chi connectivity index (χ0) is 21.3. The summed E-state index contributed by atoms with van der Waals surface area (Å²) in [7, 11) is 0. The molecule has 2 heterocycles. The Morgan fingerprint density at radius 1 is 1.21 bits per heavy atom. The van der Waals surface area contributed by atoms with E-state index >= 15 is 0 Å². The molecule has 0 unspecified atom stereocenters. The first-order chi connectivity index (χ1) is 13.6. The van der Waals surface area contributed by atoms with Gasteiger partial charge in [-0.25, -0.2) is 4.68 Å². The van der Waals surface area contributed by atoms with Gasteiger partial charge in [0.2, 0.25) is 0 Å². The number of hydrogen-bond acceptors (Lipinski definition) is 4. The van der Waals surface area contributed by atoms with Gasteiger partial charge in [-0.3, -0.25) is 14.2 Å². The van der Waals surface area contributed by atoms with Gasteiger partial charge in [-0.15, -0.1) is 0 Å². The van der Waals surface area contributed by atoms with E-state index in [-0.39, 0.29) is 11.3 Å². The zero-order valence-corrected chi connectivity index (χ0v) is 15.1. The van der Waals surface area contributed by atoms with Crippen molar-refractivity contribution in [1.29, 1.82) is 5.26 Å². The Balaban J connectivity index is 2.29. The van der Waals surface area contributed by atoms with Gasteiger partial charge in [0.25, 0.3) is 11.5 Å². The van der Waals surface area contributed by atoms with Crippen molar-refractivity contribution >= 4 is 5.91 Å². The lowest BCUT2D eigenvalue weighted by Crippen LogP contribution is -2.34. The van der Waals surface area contributed by atoms with E-state index in [1.807, 2.05) is 6.07 Å². The van der Waals surface area contributed by atoms with Crippen LogP contribution in [0.2, 0.25) is 0 Å². The van der Waals surface area contributed by atoms with Crippen LogP contribution >= 0.6 is 0 Å². The predicted molar refractivity (Wildman–Crippen MR) is 96.3 cm³/mol. The molecular formula is C19H14F3N5O2. The number of halogens is 3. The number of aromatic nitrogens is 3. The summed E-state index contributed by atoms with van der Waals surface area (Å²) in [5.41, 5.74) is 2.97. The molecule has 3 aromatic rings. The molecule has 0 atom stereocenters. The number of carbonyl (C=O) groups is 1. The number of aryl methyl sites for hydroxylation is 1. The highest BCUT2D eigenvalue weighted by atomic mass is 19.4. The molecule has 0 spiro atoms. The molecular weight excluding hydrogens is 387 g/mol. The second kappa shape index (κ2) is 7.27. The second-order valence-electron chi connectivity index (χ2n) is 6.15. The molecule has 0 aliphatic rings. The van der Waals surface area contributed by atoms with Crippen molar-refractivity contribution in [2.24, 2.45) is 5.73 Å². The van der Waals surface area contributed by atoms with Crippen molar-refractivity contribution in [3.05, 3.63) is 81.0 Å². The maximum Gasteiger partial charge on any atom is 0.431 e. The maximum atomic E-state index is 13.5. The van der Waals surface area contributed by atoms with Gasteiger partial charge in [-0.1, -0.05) is 18.2 Å². The molecule has 2 aromatic heterocycles. The number of rotatable bonds is 4. The van der Waals surface area contributed by atoms with Crippen LogP contribution in [0, 0.1) is 18.3 Å². The molecule has 2 N–H and O–H groups in total. The van der Waals surface area contributed by atoms with E-state index in [2.05, 4.69) is 5.10 Å². The largest absolute Gasteiger partial charge is 0.431 e. The Morgan fingerprint density at radius 3 is 2.41 bits per heavy atom. The molecule has 0 aliphatic heterocycles. The van der Waals surface area contributed by atoms with Gasteiger partial charge in [-0.05, 0) is 31.2 Å². The van der Waals surface area contributed by atoms with Crippen LogP contribution in [0.3, 0.4) is 0 Å². The number of alkyl halides is 3. The van der Waals surface area contributed by atoms with Crippen LogP contribution in [0.1, 0.15) is 33.0 Å². The van der Waals surface area contributed by atoms with Crippen molar-refractivity contribution < 1.29 is 18.0 Å². The highest BCUT2D eigenvalue weighted by Gasteiger charge is 2.36. The second-order valence-corrected chi connectivity index (χ2v) is 6.15. The zero-order valence-electron chi connectivity index (χ0n) is 15.1. The van der Waals surface area contributed by atoms with Crippen LogP contribution in [-0.4, -0.2) is 20.3 Å². The van der Waals surface area contributed by atoms with Gasteiger partial charge in [0, 0.05) is 0 Å². The van der Waals surface area contributed by atoms with Crippen molar-refractivity contribution in [3.63, 3.8) is 0 Å². The van der Waals surface area contributed by atoms with Crippen LogP contribution in [-0.2, 0) is 12.7 Å². The van der Waals surface area contributed by atoms with Crippen molar-refractivity contribution in [2.45, 2.75) is 19.6 Å². The summed E-state index contributed by atoms with van der Waals surface area (Å²) in [4.78, 5) is 24.0. The number of nitriles is 1. The SMILES string of the molecule is Cc1nn(-c2ccccc2)c(Cn2c(C(F)(F)F)ccc(C(N)=O)c2=O)c1C#N. The van der Waals surface area contributed by atoms with Crippen LogP contribution in [0.25, 0.3) is 5.69 Å². The molecule has 10 heteroatoms. The molecule has 29 heavy (non-hydrogen) atoms. The number of benzene rings is 1. The van der Waals surface area contributed by atoms with Crippen LogP contribution in [0.15, 0.2) is 47.3 Å². The molecule has 1 amide bonds. The highest BCUT2D eigenvalue weighted by molar-refractivity contribution is 5.92. The van der Waals surface area contributed by atoms with E-state index in [1.54, 1.807) is 30.3 Å². The first-order valence-corrected chi connectivity index (χ1v) is 8.30. The normalized spacial score (nSPS) is 11.3. The Bertz CT molecular complexity index is 1190. The molecule has 0 bridgehead atoms. The Kier molecular flexibility index (Phi) is 4.99. The third-order valence-electron chi connectivity index (χ3n) is 4.31. The Hall–Kier alpha value is -3.87. The molecule has 0 saturated heterocycles. The van der Waals surface area contributed by atoms with E-state index < -0.39 is 35.4 Å². The van der Waals surface area contributed by atoms with Crippen molar-refractivity contribution in [3.8, 4) is 11.8 Å². The summed E-state index contributed by atoms with van der Waals surface area (Å²) in [6.07, 6.45) is -4.87. The minimum atomic E-state index is -4.87. The molecule has 0 radical (unpaired) electrons. The third kappa shape index (κ3) is 3.62. The number of nitrogens with zero attached hydrogens (tertiary/aromatic N) is 4. The molecule has 7 nitrogen and oxygen atoms in total. The monoisotopic (exact) mass is 401 g/mol. The van der Waals surface area contributed by atoms with E-state index in [0.29, 0.717) is 22.0 Å². The number of amides is 1. The molecule has 148 valence electrons. The van der Waals surface area contributed by atoms with Gasteiger partial charge in [0.1, 0.15) is 17.3 Å². The summed E-state index contributed by atoms with van der Waals surface area (Å²) in [5.74, 6) is -1.15. The first kappa shape index (κ1) is 19.9. The van der Waals surface area contributed by atoms with E-state index in [4.69, 9.17) is 5.73 Å². The highest BCUT2D eigenvalue weighted by Crippen LogP contribution is 2.29. The molecule has 0 fully saturated rings. The van der Waals surface area contributed by atoms with E-state index in [0.717, 1.165) is 6.07 Å². The van der Waals surface area contributed by atoms with E-state index in [9.17, 15) is 28.0 Å². The number of para-hydroxylation sites is 1.